The van der Waals surface area contributed by atoms with E-state index in [4.69, 9.17) is 9.47 Å². The van der Waals surface area contributed by atoms with E-state index in [1.54, 1.807) is 12.1 Å². The van der Waals surface area contributed by atoms with Gasteiger partial charge in [-0.1, -0.05) is 36.4 Å². The molecule has 25 heavy (non-hydrogen) atoms. The first-order valence-corrected chi connectivity index (χ1v) is 8.66. The molecule has 2 aromatic rings. The van der Waals surface area contributed by atoms with Gasteiger partial charge in [0.25, 0.3) is 0 Å². The summed E-state index contributed by atoms with van der Waals surface area (Å²) >= 11 is 0. The quantitative estimate of drug-likeness (QED) is 0.779. The van der Waals surface area contributed by atoms with Crippen LogP contribution in [0.25, 0.3) is 5.76 Å². The molecule has 0 aromatic heterocycles. The lowest BCUT2D eigenvalue weighted by Gasteiger charge is -2.41. The van der Waals surface area contributed by atoms with Crippen molar-refractivity contribution in [1.82, 2.24) is 0 Å². The molecule has 3 nitrogen and oxygen atoms in total. The highest BCUT2D eigenvalue weighted by atomic mass is 19.1. The van der Waals surface area contributed by atoms with Crippen LogP contribution < -0.4 is 0 Å². The van der Waals surface area contributed by atoms with Crippen molar-refractivity contribution in [2.45, 2.75) is 25.0 Å². The SMILES string of the molecule is O=C1C2=C(O[C@H]3OCCC[C@H]3[C@H]2c2ccc(F)cc2)c2ccccc21. The van der Waals surface area contributed by atoms with Crippen molar-refractivity contribution in [2.75, 3.05) is 6.61 Å². The molecule has 3 aliphatic rings. The molecule has 0 radical (unpaired) electrons. The van der Waals surface area contributed by atoms with Crippen molar-refractivity contribution < 1.29 is 18.7 Å². The van der Waals surface area contributed by atoms with Crippen molar-refractivity contribution in [3.05, 3.63) is 76.6 Å². The molecule has 0 N–H and O–H groups in total. The van der Waals surface area contributed by atoms with Gasteiger partial charge in [0.2, 0.25) is 6.29 Å². The number of fused-ring (bicyclic) bond motifs is 3. The number of rotatable bonds is 1. The third-order valence-corrected chi connectivity index (χ3v) is 5.42. The summed E-state index contributed by atoms with van der Waals surface area (Å²) in [6, 6.07) is 14.0. The molecule has 4 heteroatoms. The number of ether oxygens (including phenoxy) is 2. The lowest BCUT2D eigenvalue weighted by molar-refractivity contribution is -0.165. The predicted octanol–water partition coefficient (Wildman–Crippen LogP) is 4.30. The number of allylic oxidation sites excluding steroid dienone is 1. The van der Waals surface area contributed by atoms with E-state index in [0.717, 1.165) is 24.0 Å². The van der Waals surface area contributed by atoms with Gasteiger partial charge in [0, 0.05) is 23.0 Å². The fourth-order valence-electron chi connectivity index (χ4n) is 4.32. The Morgan fingerprint density at radius 2 is 1.76 bits per heavy atom. The van der Waals surface area contributed by atoms with Crippen LogP contribution >= 0.6 is 0 Å². The summed E-state index contributed by atoms with van der Waals surface area (Å²) in [6.45, 7) is 0.662. The molecule has 0 bridgehead atoms. The largest absolute Gasteiger partial charge is 0.463 e. The summed E-state index contributed by atoms with van der Waals surface area (Å²) in [6.07, 6.45) is 1.50. The van der Waals surface area contributed by atoms with Crippen LogP contribution in [0, 0.1) is 11.7 Å². The zero-order valence-corrected chi connectivity index (χ0v) is 13.6. The number of ketones is 1. The molecule has 0 unspecified atom stereocenters. The summed E-state index contributed by atoms with van der Waals surface area (Å²) in [7, 11) is 0. The molecule has 2 aromatic carbocycles. The molecule has 5 rings (SSSR count). The Bertz CT molecular complexity index is 884. The number of carbonyl (C=O) groups is 1. The molecule has 3 atom stereocenters. The fourth-order valence-corrected chi connectivity index (χ4v) is 4.32. The van der Waals surface area contributed by atoms with E-state index in [1.807, 2.05) is 24.3 Å². The summed E-state index contributed by atoms with van der Waals surface area (Å²) in [4.78, 5) is 13.1. The van der Waals surface area contributed by atoms with Crippen molar-refractivity contribution in [2.24, 2.45) is 5.92 Å². The zero-order valence-electron chi connectivity index (χ0n) is 13.6. The number of hydrogen-bond donors (Lipinski definition) is 0. The van der Waals surface area contributed by atoms with Gasteiger partial charge < -0.3 is 9.47 Å². The van der Waals surface area contributed by atoms with Gasteiger partial charge in [-0.25, -0.2) is 4.39 Å². The lowest BCUT2D eigenvalue weighted by atomic mass is 9.74. The number of benzene rings is 2. The Balaban J connectivity index is 1.70. The van der Waals surface area contributed by atoms with Crippen LogP contribution in [0.2, 0.25) is 0 Å². The van der Waals surface area contributed by atoms with Crippen molar-refractivity contribution in [3.63, 3.8) is 0 Å². The maximum atomic E-state index is 13.4. The summed E-state index contributed by atoms with van der Waals surface area (Å²) in [5.74, 6) is 0.315. The standard InChI is InChI=1S/C21H17FO3/c22-13-9-7-12(8-10-13)17-16-6-3-11-24-21(16)25-20-15-5-2-1-4-14(15)19(23)18(17)20/h1-2,4-5,7-10,16-17,21H,3,6,11H2/t16-,17+,21+/m0/s1. The van der Waals surface area contributed by atoms with Gasteiger partial charge in [-0.2, -0.15) is 0 Å². The van der Waals surface area contributed by atoms with E-state index in [0.29, 0.717) is 23.5 Å². The average Bonchev–Trinajstić information content (AvgIpc) is 2.93. The second-order valence-corrected chi connectivity index (χ2v) is 6.81. The maximum absolute atomic E-state index is 13.4. The predicted molar refractivity (Wildman–Crippen MR) is 90.4 cm³/mol. The first-order chi connectivity index (χ1) is 12.2. The maximum Gasteiger partial charge on any atom is 0.203 e. The Hall–Kier alpha value is -2.46. The molecule has 1 saturated heterocycles. The lowest BCUT2D eigenvalue weighted by Crippen LogP contribution is -2.40. The average molecular weight is 336 g/mol. The molecule has 1 aliphatic carbocycles. The summed E-state index contributed by atoms with van der Waals surface area (Å²) < 4.78 is 25.4. The summed E-state index contributed by atoms with van der Waals surface area (Å²) in [5.41, 5.74) is 3.15. The number of Topliss-reactive ketones (excluding diaryl/α,β-unsaturated/α-hetero) is 1. The van der Waals surface area contributed by atoms with Gasteiger partial charge in [0.05, 0.1) is 12.2 Å². The minimum absolute atomic E-state index is 0.0175. The topological polar surface area (TPSA) is 35.5 Å². The molecule has 1 fully saturated rings. The molecule has 0 saturated carbocycles. The van der Waals surface area contributed by atoms with Gasteiger partial charge in [-0.3, -0.25) is 4.79 Å². The highest BCUT2D eigenvalue weighted by Crippen LogP contribution is 2.52. The van der Waals surface area contributed by atoms with Gasteiger partial charge >= 0.3 is 0 Å². The van der Waals surface area contributed by atoms with Crippen LogP contribution in [-0.2, 0) is 9.47 Å². The summed E-state index contributed by atoms with van der Waals surface area (Å²) in [5, 5.41) is 0. The zero-order chi connectivity index (χ0) is 17.0. The van der Waals surface area contributed by atoms with Gasteiger partial charge in [-0.05, 0) is 30.5 Å². The first kappa shape index (κ1) is 14.8. The Kier molecular flexibility index (Phi) is 3.28. The monoisotopic (exact) mass is 336 g/mol. The van der Waals surface area contributed by atoms with Crippen molar-refractivity contribution >= 4 is 11.5 Å². The Morgan fingerprint density at radius 1 is 1.00 bits per heavy atom. The number of halogens is 1. The molecule has 126 valence electrons. The smallest absolute Gasteiger partial charge is 0.203 e. The fraction of sp³-hybridized carbons (Fsp3) is 0.286. The minimum Gasteiger partial charge on any atom is -0.463 e. The minimum atomic E-state index is -0.360. The molecule has 2 aliphatic heterocycles. The van der Waals surface area contributed by atoms with E-state index in [2.05, 4.69) is 0 Å². The van der Waals surface area contributed by atoms with Crippen LogP contribution in [0.1, 0.15) is 40.2 Å². The molecular formula is C21H17FO3. The van der Waals surface area contributed by atoms with E-state index >= 15 is 0 Å². The Morgan fingerprint density at radius 3 is 2.56 bits per heavy atom. The molecule has 0 amide bonds. The molecular weight excluding hydrogens is 319 g/mol. The highest BCUT2D eigenvalue weighted by Gasteiger charge is 2.48. The van der Waals surface area contributed by atoms with E-state index < -0.39 is 0 Å². The van der Waals surface area contributed by atoms with Gasteiger partial charge in [0.1, 0.15) is 11.6 Å². The molecule has 2 heterocycles. The van der Waals surface area contributed by atoms with Crippen LogP contribution in [0.15, 0.2) is 54.1 Å². The van der Waals surface area contributed by atoms with Crippen LogP contribution in [0.4, 0.5) is 4.39 Å². The normalized spacial score (nSPS) is 27.4. The van der Waals surface area contributed by atoms with Crippen LogP contribution in [0.5, 0.6) is 0 Å². The number of hydrogen-bond acceptors (Lipinski definition) is 3. The van der Waals surface area contributed by atoms with Gasteiger partial charge in [0.15, 0.2) is 5.78 Å². The van der Waals surface area contributed by atoms with E-state index in [9.17, 15) is 9.18 Å². The second-order valence-electron chi connectivity index (χ2n) is 6.81. The first-order valence-electron chi connectivity index (χ1n) is 8.66. The highest BCUT2D eigenvalue weighted by molar-refractivity contribution is 6.20. The Labute approximate surface area is 145 Å². The second kappa shape index (κ2) is 5.53. The van der Waals surface area contributed by atoms with E-state index in [-0.39, 0.29) is 29.7 Å². The third kappa shape index (κ3) is 2.17. The molecule has 0 spiro atoms. The third-order valence-electron chi connectivity index (χ3n) is 5.42. The number of carbonyl (C=O) groups excluding carboxylic acids is 1. The van der Waals surface area contributed by atoms with E-state index in [1.165, 1.54) is 12.1 Å². The van der Waals surface area contributed by atoms with Crippen LogP contribution in [0.3, 0.4) is 0 Å². The van der Waals surface area contributed by atoms with Gasteiger partial charge in [-0.15, -0.1) is 0 Å². The van der Waals surface area contributed by atoms with Crippen molar-refractivity contribution in [1.29, 1.82) is 0 Å². The van der Waals surface area contributed by atoms with Crippen molar-refractivity contribution in [3.8, 4) is 0 Å². The van der Waals surface area contributed by atoms with Crippen LogP contribution in [-0.4, -0.2) is 18.7 Å².